The Labute approximate surface area is 122 Å². The first-order chi connectivity index (χ1) is 9.15. The highest BCUT2D eigenvalue weighted by atomic mass is 35.5. The van der Waals surface area contributed by atoms with E-state index in [1.54, 1.807) is 18.2 Å². The van der Waals surface area contributed by atoms with Crippen LogP contribution < -0.4 is 0 Å². The lowest BCUT2D eigenvalue weighted by atomic mass is 9.87. The van der Waals surface area contributed by atoms with Crippen LogP contribution in [0.5, 0.6) is 0 Å². The van der Waals surface area contributed by atoms with Crippen molar-refractivity contribution in [2.24, 2.45) is 0 Å². The van der Waals surface area contributed by atoms with E-state index < -0.39 is 5.41 Å². The summed E-state index contributed by atoms with van der Waals surface area (Å²) in [5, 5.41) is 0.785. The number of rotatable bonds is 3. The molecular formula is C16H12Cl2O. The van der Waals surface area contributed by atoms with Gasteiger partial charge in [0, 0.05) is 5.56 Å². The average Bonchev–Trinajstić information content (AvgIpc) is 3.24. The molecule has 1 saturated carbocycles. The van der Waals surface area contributed by atoms with E-state index in [2.05, 4.69) is 0 Å². The molecule has 0 heterocycles. The normalized spacial score (nSPS) is 16.1. The summed E-state index contributed by atoms with van der Waals surface area (Å²) in [4.78, 5) is 12.8. The van der Waals surface area contributed by atoms with Gasteiger partial charge in [-0.3, -0.25) is 4.79 Å². The summed E-state index contributed by atoms with van der Waals surface area (Å²) >= 11 is 12.1. The molecule has 0 aromatic heterocycles. The van der Waals surface area contributed by atoms with Crippen molar-refractivity contribution in [1.29, 1.82) is 0 Å². The molecular weight excluding hydrogens is 279 g/mol. The minimum absolute atomic E-state index is 0.0752. The molecule has 19 heavy (non-hydrogen) atoms. The molecule has 0 aliphatic heterocycles. The summed E-state index contributed by atoms with van der Waals surface area (Å²) in [6.07, 6.45) is 1.75. The van der Waals surface area contributed by atoms with Crippen LogP contribution in [0.25, 0.3) is 0 Å². The predicted octanol–water partition coefficient (Wildman–Crippen LogP) is 4.91. The summed E-state index contributed by atoms with van der Waals surface area (Å²) in [6.45, 7) is 0. The van der Waals surface area contributed by atoms with E-state index in [0.717, 1.165) is 18.4 Å². The van der Waals surface area contributed by atoms with E-state index in [1.165, 1.54) is 0 Å². The van der Waals surface area contributed by atoms with E-state index in [4.69, 9.17) is 23.2 Å². The van der Waals surface area contributed by atoms with Crippen molar-refractivity contribution < 1.29 is 4.79 Å². The van der Waals surface area contributed by atoms with Crippen molar-refractivity contribution in [2.75, 3.05) is 0 Å². The molecule has 3 heteroatoms. The Balaban J connectivity index is 2.03. The molecule has 0 atom stereocenters. The van der Waals surface area contributed by atoms with Crippen LogP contribution in [-0.4, -0.2) is 5.78 Å². The highest BCUT2D eigenvalue weighted by Gasteiger charge is 2.51. The van der Waals surface area contributed by atoms with E-state index >= 15 is 0 Å². The topological polar surface area (TPSA) is 17.1 Å². The van der Waals surface area contributed by atoms with Crippen molar-refractivity contribution >= 4 is 29.0 Å². The Bertz CT molecular complexity index is 630. The summed E-state index contributed by atoms with van der Waals surface area (Å²) in [7, 11) is 0. The second-order valence-corrected chi connectivity index (χ2v) is 5.66. The number of Topliss-reactive ketones (excluding diaryl/α,β-unsaturated/α-hetero) is 1. The molecule has 1 nitrogen and oxygen atoms in total. The predicted molar refractivity (Wildman–Crippen MR) is 78.1 cm³/mol. The molecule has 0 bridgehead atoms. The highest BCUT2D eigenvalue weighted by Crippen LogP contribution is 2.51. The zero-order valence-corrected chi connectivity index (χ0v) is 11.7. The Morgan fingerprint density at radius 2 is 1.63 bits per heavy atom. The fraction of sp³-hybridized carbons (Fsp3) is 0.188. The third-order valence-electron chi connectivity index (χ3n) is 3.71. The Morgan fingerprint density at radius 1 is 0.947 bits per heavy atom. The number of carbonyl (C=O) groups is 1. The lowest BCUT2D eigenvalue weighted by Gasteiger charge is -2.15. The molecule has 0 spiro atoms. The van der Waals surface area contributed by atoms with Gasteiger partial charge in [-0.25, -0.2) is 0 Å². The molecule has 0 amide bonds. The van der Waals surface area contributed by atoms with Crippen molar-refractivity contribution in [1.82, 2.24) is 0 Å². The lowest BCUT2D eigenvalue weighted by molar-refractivity contribution is 0.0946. The summed E-state index contributed by atoms with van der Waals surface area (Å²) in [6, 6.07) is 15.1. The monoisotopic (exact) mass is 290 g/mol. The molecule has 0 radical (unpaired) electrons. The molecule has 3 rings (SSSR count). The van der Waals surface area contributed by atoms with Crippen LogP contribution >= 0.6 is 23.2 Å². The van der Waals surface area contributed by atoms with Crippen LogP contribution in [0, 0.1) is 0 Å². The quantitative estimate of drug-likeness (QED) is 0.734. The average molecular weight is 291 g/mol. The smallest absolute Gasteiger partial charge is 0.174 e. The summed E-state index contributed by atoms with van der Waals surface area (Å²) in [5.74, 6) is 0.0752. The third-order valence-corrected chi connectivity index (χ3v) is 4.53. The maximum atomic E-state index is 12.8. The van der Waals surface area contributed by atoms with Gasteiger partial charge < -0.3 is 0 Å². The van der Waals surface area contributed by atoms with Crippen molar-refractivity contribution in [2.45, 2.75) is 18.3 Å². The molecule has 1 aliphatic rings. The third kappa shape index (κ3) is 2.07. The Hall–Kier alpha value is -1.31. The summed E-state index contributed by atoms with van der Waals surface area (Å²) < 4.78 is 0. The zero-order valence-electron chi connectivity index (χ0n) is 10.2. The Morgan fingerprint density at radius 3 is 2.26 bits per heavy atom. The molecule has 1 aliphatic carbocycles. The second-order valence-electron chi connectivity index (χ2n) is 4.88. The fourth-order valence-corrected chi connectivity index (χ4v) is 2.85. The van der Waals surface area contributed by atoms with Gasteiger partial charge in [-0.15, -0.1) is 0 Å². The lowest BCUT2D eigenvalue weighted by Crippen LogP contribution is -2.21. The van der Waals surface area contributed by atoms with Gasteiger partial charge in [0.15, 0.2) is 5.78 Å². The second kappa shape index (κ2) is 4.66. The van der Waals surface area contributed by atoms with Gasteiger partial charge in [0.05, 0.1) is 15.5 Å². The van der Waals surface area contributed by atoms with Gasteiger partial charge in [0.2, 0.25) is 0 Å². The van der Waals surface area contributed by atoms with Crippen molar-refractivity contribution in [3.05, 3.63) is 69.7 Å². The molecule has 0 unspecified atom stereocenters. The van der Waals surface area contributed by atoms with Crippen LogP contribution in [-0.2, 0) is 5.41 Å². The van der Waals surface area contributed by atoms with E-state index in [1.807, 2.05) is 30.3 Å². The van der Waals surface area contributed by atoms with Crippen LogP contribution in [0.15, 0.2) is 48.5 Å². The molecule has 1 fully saturated rings. The van der Waals surface area contributed by atoms with Gasteiger partial charge in [-0.1, -0.05) is 59.6 Å². The largest absolute Gasteiger partial charge is 0.293 e. The first-order valence-electron chi connectivity index (χ1n) is 6.19. The number of hydrogen-bond acceptors (Lipinski definition) is 1. The number of ketones is 1. The summed E-state index contributed by atoms with van der Waals surface area (Å²) in [5.41, 5.74) is 1.20. The SMILES string of the molecule is O=C(c1cccc(Cl)c1Cl)C1(c2ccccc2)CC1. The number of hydrogen-bond donors (Lipinski definition) is 0. The molecule has 0 saturated heterocycles. The molecule has 0 N–H and O–H groups in total. The van der Waals surface area contributed by atoms with Crippen LogP contribution in [0.1, 0.15) is 28.8 Å². The van der Waals surface area contributed by atoms with E-state index in [0.29, 0.717) is 15.6 Å². The van der Waals surface area contributed by atoms with Gasteiger partial charge in [0.1, 0.15) is 0 Å². The van der Waals surface area contributed by atoms with Crippen LogP contribution in [0.2, 0.25) is 10.0 Å². The molecule has 2 aromatic carbocycles. The highest BCUT2D eigenvalue weighted by molar-refractivity contribution is 6.44. The fourth-order valence-electron chi connectivity index (χ4n) is 2.47. The van der Waals surface area contributed by atoms with Crippen LogP contribution in [0.3, 0.4) is 0 Å². The number of carbonyl (C=O) groups excluding carboxylic acids is 1. The zero-order chi connectivity index (χ0) is 13.5. The van der Waals surface area contributed by atoms with Crippen molar-refractivity contribution in [3.63, 3.8) is 0 Å². The van der Waals surface area contributed by atoms with Gasteiger partial charge in [-0.05, 0) is 30.5 Å². The first-order valence-corrected chi connectivity index (χ1v) is 6.95. The Kier molecular flexibility index (Phi) is 3.12. The van der Waals surface area contributed by atoms with E-state index in [9.17, 15) is 4.79 Å². The van der Waals surface area contributed by atoms with Gasteiger partial charge in [0.25, 0.3) is 0 Å². The van der Waals surface area contributed by atoms with Crippen molar-refractivity contribution in [3.8, 4) is 0 Å². The molecule has 2 aromatic rings. The maximum Gasteiger partial charge on any atom is 0.174 e. The number of benzene rings is 2. The maximum absolute atomic E-state index is 12.8. The number of halogens is 2. The minimum atomic E-state index is -0.393. The standard InChI is InChI=1S/C16H12Cl2O/c17-13-8-4-7-12(14(13)18)15(19)16(9-10-16)11-5-2-1-3-6-11/h1-8H,9-10H2. The minimum Gasteiger partial charge on any atom is -0.293 e. The van der Waals surface area contributed by atoms with Gasteiger partial charge >= 0.3 is 0 Å². The van der Waals surface area contributed by atoms with E-state index in [-0.39, 0.29) is 5.78 Å². The van der Waals surface area contributed by atoms with Gasteiger partial charge in [-0.2, -0.15) is 0 Å². The first kappa shape index (κ1) is 12.7. The van der Waals surface area contributed by atoms with Crippen LogP contribution in [0.4, 0.5) is 0 Å². The molecule has 96 valence electrons.